The van der Waals surface area contributed by atoms with Crippen LogP contribution >= 0.6 is 0 Å². The Labute approximate surface area is 103 Å². The van der Waals surface area contributed by atoms with E-state index in [1.165, 1.54) is 0 Å². The summed E-state index contributed by atoms with van der Waals surface area (Å²) in [7, 11) is 1.63. The summed E-state index contributed by atoms with van der Waals surface area (Å²) in [5, 5.41) is 10.5. The maximum Gasteiger partial charge on any atom is 0.125 e. The molecule has 3 nitrogen and oxygen atoms in total. The molecule has 17 heavy (non-hydrogen) atoms. The Bertz CT molecular complexity index is 345. The summed E-state index contributed by atoms with van der Waals surface area (Å²) in [6.07, 6.45) is 0.636. The van der Waals surface area contributed by atoms with Crippen LogP contribution < -0.4 is 4.74 Å². The topological polar surface area (TPSA) is 38.7 Å². The van der Waals surface area contributed by atoms with Crippen LogP contribution in [0.1, 0.15) is 32.8 Å². The van der Waals surface area contributed by atoms with Gasteiger partial charge in [-0.1, -0.05) is 18.2 Å². The smallest absolute Gasteiger partial charge is 0.125 e. The van der Waals surface area contributed by atoms with Crippen LogP contribution in [0.4, 0.5) is 0 Å². The van der Waals surface area contributed by atoms with Crippen LogP contribution in [0, 0.1) is 0 Å². The highest BCUT2D eigenvalue weighted by atomic mass is 16.5. The lowest BCUT2D eigenvalue weighted by molar-refractivity contribution is 0.0180. The molecule has 1 unspecified atom stereocenters. The molecule has 0 aliphatic rings. The highest BCUT2D eigenvalue weighted by Gasteiger charge is 2.26. The quantitative estimate of drug-likeness (QED) is 0.828. The zero-order valence-electron chi connectivity index (χ0n) is 11.1. The molecule has 0 aromatic heterocycles. The van der Waals surface area contributed by atoms with Crippen molar-refractivity contribution in [1.82, 2.24) is 0 Å². The van der Waals surface area contributed by atoms with Gasteiger partial charge in [-0.3, -0.25) is 0 Å². The fraction of sp³-hybridized carbons (Fsp3) is 0.571. The summed E-state index contributed by atoms with van der Waals surface area (Å²) in [4.78, 5) is 0. The summed E-state index contributed by atoms with van der Waals surface area (Å²) >= 11 is 0. The normalized spacial score (nSPS) is 14.7. The van der Waals surface area contributed by atoms with E-state index in [0.717, 1.165) is 11.3 Å². The number of para-hydroxylation sites is 1. The van der Waals surface area contributed by atoms with Crippen LogP contribution in [0.2, 0.25) is 0 Å². The maximum atomic E-state index is 10.5. The highest BCUT2D eigenvalue weighted by molar-refractivity contribution is 5.37. The van der Waals surface area contributed by atoms with E-state index in [9.17, 15) is 5.11 Å². The minimum Gasteiger partial charge on any atom is -0.491 e. The Morgan fingerprint density at radius 2 is 1.94 bits per heavy atom. The zero-order chi connectivity index (χ0) is 12.9. The standard InChI is InChI=1S/C14H22O3/c1-11(2)17-13-8-6-5-7-12(13)14(3,15)9-10-16-4/h5-8,11,15H,9-10H2,1-4H3. The molecule has 3 heteroatoms. The van der Waals surface area contributed by atoms with Gasteiger partial charge in [0.25, 0.3) is 0 Å². The van der Waals surface area contributed by atoms with E-state index in [2.05, 4.69) is 0 Å². The van der Waals surface area contributed by atoms with Crippen molar-refractivity contribution in [3.8, 4) is 5.75 Å². The number of ether oxygens (including phenoxy) is 2. The number of methoxy groups -OCH3 is 1. The van der Waals surface area contributed by atoms with Gasteiger partial charge in [0.1, 0.15) is 5.75 Å². The lowest BCUT2D eigenvalue weighted by atomic mass is 9.92. The van der Waals surface area contributed by atoms with Gasteiger partial charge in [0, 0.05) is 25.7 Å². The van der Waals surface area contributed by atoms with Crippen molar-refractivity contribution in [2.75, 3.05) is 13.7 Å². The number of benzene rings is 1. The van der Waals surface area contributed by atoms with Gasteiger partial charge in [-0.15, -0.1) is 0 Å². The molecule has 0 radical (unpaired) electrons. The Morgan fingerprint density at radius 1 is 1.29 bits per heavy atom. The summed E-state index contributed by atoms with van der Waals surface area (Å²) in [5.41, 5.74) is -0.118. The van der Waals surface area contributed by atoms with Gasteiger partial charge < -0.3 is 14.6 Å². The van der Waals surface area contributed by atoms with Crippen molar-refractivity contribution in [3.63, 3.8) is 0 Å². The molecular weight excluding hydrogens is 216 g/mol. The third kappa shape index (κ3) is 4.02. The van der Waals surface area contributed by atoms with Crippen molar-refractivity contribution >= 4 is 0 Å². The number of hydrogen-bond donors (Lipinski definition) is 1. The van der Waals surface area contributed by atoms with Gasteiger partial charge in [-0.25, -0.2) is 0 Å². The predicted octanol–water partition coefficient (Wildman–Crippen LogP) is 2.72. The molecule has 0 spiro atoms. The molecule has 0 fully saturated rings. The fourth-order valence-electron chi connectivity index (χ4n) is 1.70. The van der Waals surface area contributed by atoms with Crippen LogP contribution in [0.3, 0.4) is 0 Å². The van der Waals surface area contributed by atoms with E-state index in [1.807, 2.05) is 38.1 Å². The molecule has 1 N–H and O–H groups in total. The van der Waals surface area contributed by atoms with Gasteiger partial charge in [-0.05, 0) is 26.8 Å². The first-order valence-corrected chi connectivity index (χ1v) is 5.95. The van der Waals surface area contributed by atoms with E-state index in [1.54, 1.807) is 14.0 Å². The van der Waals surface area contributed by atoms with Crippen LogP contribution in [0.25, 0.3) is 0 Å². The second-order valence-electron chi connectivity index (χ2n) is 4.68. The molecule has 0 bridgehead atoms. The molecule has 1 rings (SSSR count). The molecule has 1 aromatic rings. The molecule has 0 saturated carbocycles. The van der Waals surface area contributed by atoms with Gasteiger partial charge in [-0.2, -0.15) is 0 Å². The fourth-order valence-corrected chi connectivity index (χ4v) is 1.70. The lowest BCUT2D eigenvalue weighted by Crippen LogP contribution is -2.24. The van der Waals surface area contributed by atoms with Crippen molar-refractivity contribution in [3.05, 3.63) is 29.8 Å². The molecule has 96 valence electrons. The van der Waals surface area contributed by atoms with Crippen LogP contribution in [-0.2, 0) is 10.3 Å². The Morgan fingerprint density at radius 3 is 2.53 bits per heavy atom. The minimum absolute atomic E-state index is 0.0920. The van der Waals surface area contributed by atoms with Gasteiger partial charge in [0.05, 0.1) is 11.7 Å². The van der Waals surface area contributed by atoms with Crippen molar-refractivity contribution in [2.24, 2.45) is 0 Å². The predicted molar refractivity (Wildman–Crippen MR) is 68.3 cm³/mol. The molecule has 0 aliphatic carbocycles. The van der Waals surface area contributed by atoms with Gasteiger partial charge >= 0.3 is 0 Å². The first-order valence-electron chi connectivity index (χ1n) is 5.95. The summed E-state index contributed by atoms with van der Waals surface area (Å²) in [5.74, 6) is 0.739. The first kappa shape index (κ1) is 14.0. The molecule has 0 heterocycles. The SMILES string of the molecule is COCCC(C)(O)c1ccccc1OC(C)C. The van der Waals surface area contributed by atoms with Crippen molar-refractivity contribution in [2.45, 2.75) is 38.9 Å². The van der Waals surface area contributed by atoms with E-state index >= 15 is 0 Å². The van der Waals surface area contributed by atoms with E-state index < -0.39 is 5.60 Å². The average molecular weight is 238 g/mol. The van der Waals surface area contributed by atoms with E-state index in [4.69, 9.17) is 9.47 Å². The molecule has 1 atom stereocenters. The summed E-state index contributed by atoms with van der Waals surface area (Å²) in [6.45, 7) is 6.25. The molecular formula is C14H22O3. The lowest BCUT2D eigenvalue weighted by Gasteiger charge is -2.26. The third-order valence-electron chi connectivity index (χ3n) is 2.62. The van der Waals surface area contributed by atoms with E-state index in [0.29, 0.717) is 13.0 Å². The number of rotatable bonds is 6. The van der Waals surface area contributed by atoms with Crippen molar-refractivity contribution < 1.29 is 14.6 Å². The Balaban J connectivity index is 2.94. The monoisotopic (exact) mass is 238 g/mol. The second kappa shape index (κ2) is 6.03. The minimum atomic E-state index is -0.929. The Hall–Kier alpha value is -1.06. The van der Waals surface area contributed by atoms with Crippen molar-refractivity contribution in [1.29, 1.82) is 0 Å². The van der Waals surface area contributed by atoms with Gasteiger partial charge in [0.2, 0.25) is 0 Å². The Kier molecular flexibility index (Phi) is 4.97. The van der Waals surface area contributed by atoms with E-state index in [-0.39, 0.29) is 6.10 Å². The first-order chi connectivity index (χ1) is 7.97. The molecule has 0 aliphatic heterocycles. The number of aliphatic hydroxyl groups is 1. The second-order valence-corrected chi connectivity index (χ2v) is 4.68. The van der Waals surface area contributed by atoms with Crippen LogP contribution in [0.15, 0.2) is 24.3 Å². The van der Waals surface area contributed by atoms with Crippen LogP contribution in [0.5, 0.6) is 5.75 Å². The third-order valence-corrected chi connectivity index (χ3v) is 2.62. The van der Waals surface area contributed by atoms with Crippen LogP contribution in [-0.4, -0.2) is 24.9 Å². The highest BCUT2D eigenvalue weighted by Crippen LogP contribution is 2.32. The average Bonchev–Trinajstić information content (AvgIpc) is 2.26. The molecule has 0 saturated heterocycles. The molecule has 0 amide bonds. The zero-order valence-corrected chi connectivity index (χ0v) is 11.1. The summed E-state index contributed by atoms with van der Waals surface area (Å²) in [6, 6.07) is 7.60. The van der Waals surface area contributed by atoms with Gasteiger partial charge in [0.15, 0.2) is 0 Å². The maximum absolute atomic E-state index is 10.5. The number of hydrogen-bond acceptors (Lipinski definition) is 3. The summed E-state index contributed by atoms with van der Waals surface area (Å²) < 4.78 is 10.7. The molecule has 1 aromatic carbocycles. The largest absolute Gasteiger partial charge is 0.491 e.